The van der Waals surface area contributed by atoms with Crippen molar-refractivity contribution in [2.24, 2.45) is 0 Å². The largest absolute Gasteiger partial charge is 0.342 e. The molecule has 2 amide bonds. The zero-order valence-electron chi connectivity index (χ0n) is 11.5. The maximum absolute atomic E-state index is 12.6. The quantitative estimate of drug-likeness (QED) is 0.816. The molecule has 4 heteroatoms. The van der Waals surface area contributed by atoms with Crippen molar-refractivity contribution in [2.75, 3.05) is 0 Å². The summed E-state index contributed by atoms with van der Waals surface area (Å²) in [5.41, 5.74) is -0.702. The Morgan fingerprint density at radius 2 is 1.88 bits per heavy atom. The molecule has 98 valence electrons. The molecule has 0 aliphatic carbocycles. The van der Waals surface area contributed by atoms with E-state index in [-0.39, 0.29) is 23.9 Å². The molecule has 1 aliphatic rings. The second-order valence-corrected chi connectivity index (χ2v) is 5.20. The van der Waals surface area contributed by atoms with Crippen LogP contribution in [-0.4, -0.2) is 34.3 Å². The molecule has 1 aliphatic heterocycles. The van der Waals surface area contributed by atoms with Crippen LogP contribution in [0, 0.1) is 0 Å². The van der Waals surface area contributed by atoms with Crippen LogP contribution in [0.1, 0.15) is 53.9 Å². The van der Waals surface area contributed by atoms with Gasteiger partial charge in [0.15, 0.2) is 0 Å². The van der Waals surface area contributed by atoms with Crippen LogP contribution in [0.4, 0.5) is 0 Å². The number of nitrogens with zero attached hydrogens (tertiary/aromatic N) is 1. The van der Waals surface area contributed by atoms with E-state index in [9.17, 15) is 9.59 Å². The summed E-state index contributed by atoms with van der Waals surface area (Å²) in [6, 6.07) is 0.102. The van der Waals surface area contributed by atoms with E-state index in [1.54, 1.807) is 0 Å². The van der Waals surface area contributed by atoms with Gasteiger partial charge in [0.1, 0.15) is 5.54 Å². The normalized spacial score (nSPS) is 24.8. The van der Waals surface area contributed by atoms with E-state index < -0.39 is 5.54 Å². The summed E-state index contributed by atoms with van der Waals surface area (Å²) in [5.74, 6) is 0.0496. The molecule has 0 aromatic carbocycles. The minimum Gasteiger partial charge on any atom is -0.342 e. The Bertz CT molecular complexity index is 309. The van der Waals surface area contributed by atoms with E-state index in [1.165, 1.54) is 0 Å². The van der Waals surface area contributed by atoms with Crippen molar-refractivity contribution in [1.82, 2.24) is 10.2 Å². The van der Waals surface area contributed by atoms with Crippen LogP contribution in [0.2, 0.25) is 0 Å². The number of rotatable bonds is 3. The number of nitrogens with one attached hydrogen (secondary N) is 1. The summed E-state index contributed by atoms with van der Waals surface area (Å²) in [6.45, 7) is 9.85. The highest BCUT2D eigenvalue weighted by molar-refractivity contribution is 5.94. The van der Waals surface area contributed by atoms with Crippen LogP contribution >= 0.6 is 0 Å². The average molecular weight is 240 g/mol. The SMILES string of the molecule is CCC1(CC)NC(=O)CC(C)N(C(C)C)C1=O. The number of hydrogen-bond donors (Lipinski definition) is 1. The summed E-state index contributed by atoms with van der Waals surface area (Å²) in [5, 5.41) is 2.93. The Labute approximate surface area is 104 Å². The lowest BCUT2D eigenvalue weighted by molar-refractivity contribution is -0.142. The molecule has 1 heterocycles. The van der Waals surface area contributed by atoms with E-state index >= 15 is 0 Å². The first-order valence-electron chi connectivity index (χ1n) is 6.51. The van der Waals surface area contributed by atoms with Gasteiger partial charge in [-0.15, -0.1) is 0 Å². The minimum atomic E-state index is -0.702. The molecule has 1 N–H and O–H groups in total. The van der Waals surface area contributed by atoms with Crippen molar-refractivity contribution in [3.63, 3.8) is 0 Å². The molecule has 0 aromatic rings. The summed E-state index contributed by atoms with van der Waals surface area (Å²) in [4.78, 5) is 26.3. The monoisotopic (exact) mass is 240 g/mol. The summed E-state index contributed by atoms with van der Waals surface area (Å²) < 4.78 is 0. The van der Waals surface area contributed by atoms with Crippen molar-refractivity contribution in [3.8, 4) is 0 Å². The third-order valence-corrected chi connectivity index (χ3v) is 3.74. The number of hydrogen-bond acceptors (Lipinski definition) is 2. The van der Waals surface area contributed by atoms with Crippen LogP contribution in [0.25, 0.3) is 0 Å². The van der Waals surface area contributed by atoms with E-state index in [4.69, 9.17) is 0 Å². The van der Waals surface area contributed by atoms with Gasteiger partial charge < -0.3 is 10.2 Å². The highest BCUT2D eigenvalue weighted by Crippen LogP contribution is 2.26. The summed E-state index contributed by atoms with van der Waals surface area (Å²) in [7, 11) is 0. The van der Waals surface area contributed by atoms with Gasteiger partial charge in [-0.2, -0.15) is 0 Å². The van der Waals surface area contributed by atoms with Crippen molar-refractivity contribution in [1.29, 1.82) is 0 Å². The zero-order valence-corrected chi connectivity index (χ0v) is 11.5. The van der Waals surface area contributed by atoms with Gasteiger partial charge in [-0.25, -0.2) is 0 Å². The molecule has 0 spiro atoms. The fourth-order valence-electron chi connectivity index (χ4n) is 2.66. The predicted molar refractivity (Wildman–Crippen MR) is 67.5 cm³/mol. The first-order chi connectivity index (χ1) is 7.88. The maximum atomic E-state index is 12.6. The Kier molecular flexibility index (Phi) is 4.17. The molecule has 0 saturated carbocycles. The van der Waals surface area contributed by atoms with Crippen LogP contribution in [0.15, 0.2) is 0 Å². The van der Waals surface area contributed by atoms with Crippen LogP contribution in [-0.2, 0) is 9.59 Å². The molecule has 1 unspecified atom stereocenters. The Morgan fingerprint density at radius 1 is 1.35 bits per heavy atom. The van der Waals surface area contributed by atoms with Gasteiger partial charge in [-0.05, 0) is 33.6 Å². The third-order valence-electron chi connectivity index (χ3n) is 3.74. The average Bonchev–Trinajstić information content (AvgIpc) is 2.33. The lowest BCUT2D eigenvalue weighted by atomic mass is 9.90. The number of carbonyl (C=O) groups is 2. The van der Waals surface area contributed by atoms with Crippen molar-refractivity contribution in [2.45, 2.75) is 71.5 Å². The lowest BCUT2D eigenvalue weighted by Crippen LogP contribution is -2.58. The molecular formula is C13H24N2O2. The van der Waals surface area contributed by atoms with E-state index in [0.29, 0.717) is 19.3 Å². The molecule has 0 bridgehead atoms. The molecule has 1 atom stereocenters. The molecule has 1 rings (SSSR count). The van der Waals surface area contributed by atoms with Crippen LogP contribution in [0.3, 0.4) is 0 Å². The van der Waals surface area contributed by atoms with Crippen LogP contribution < -0.4 is 5.32 Å². The highest BCUT2D eigenvalue weighted by Gasteiger charge is 2.44. The van der Waals surface area contributed by atoms with Gasteiger partial charge in [0.05, 0.1) is 0 Å². The minimum absolute atomic E-state index is 0.0160. The molecule has 0 aromatic heterocycles. The van der Waals surface area contributed by atoms with Gasteiger partial charge in [0.25, 0.3) is 0 Å². The zero-order chi connectivity index (χ0) is 13.2. The summed E-state index contributed by atoms with van der Waals surface area (Å²) in [6.07, 6.45) is 1.68. The van der Waals surface area contributed by atoms with Gasteiger partial charge in [-0.1, -0.05) is 13.8 Å². The second-order valence-electron chi connectivity index (χ2n) is 5.20. The van der Waals surface area contributed by atoms with Gasteiger partial charge in [0.2, 0.25) is 11.8 Å². The first kappa shape index (κ1) is 14.0. The third kappa shape index (κ3) is 2.45. The fraction of sp³-hybridized carbons (Fsp3) is 0.846. The van der Waals surface area contributed by atoms with Crippen molar-refractivity contribution >= 4 is 11.8 Å². The van der Waals surface area contributed by atoms with E-state index in [2.05, 4.69) is 5.32 Å². The van der Waals surface area contributed by atoms with Crippen molar-refractivity contribution in [3.05, 3.63) is 0 Å². The second kappa shape index (κ2) is 5.07. The van der Waals surface area contributed by atoms with Gasteiger partial charge in [0, 0.05) is 18.5 Å². The predicted octanol–water partition coefficient (Wildman–Crippen LogP) is 1.69. The molecule has 0 radical (unpaired) electrons. The number of amides is 2. The first-order valence-corrected chi connectivity index (χ1v) is 6.51. The fourth-order valence-corrected chi connectivity index (χ4v) is 2.66. The molecular weight excluding hydrogens is 216 g/mol. The smallest absolute Gasteiger partial charge is 0.248 e. The van der Waals surface area contributed by atoms with Crippen molar-refractivity contribution < 1.29 is 9.59 Å². The topological polar surface area (TPSA) is 49.4 Å². The highest BCUT2D eigenvalue weighted by atomic mass is 16.2. The standard InChI is InChI=1S/C13H24N2O2/c1-6-13(7-2)12(17)15(9(3)4)10(5)8-11(16)14-13/h9-10H,6-8H2,1-5H3,(H,14,16). The molecule has 4 nitrogen and oxygen atoms in total. The summed E-state index contributed by atoms with van der Waals surface area (Å²) >= 11 is 0. The Balaban J connectivity index is 3.16. The van der Waals surface area contributed by atoms with E-state index in [0.717, 1.165) is 0 Å². The van der Waals surface area contributed by atoms with Gasteiger partial charge in [-0.3, -0.25) is 9.59 Å². The lowest BCUT2D eigenvalue weighted by Gasteiger charge is -2.37. The van der Waals surface area contributed by atoms with Crippen LogP contribution in [0.5, 0.6) is 0 Å². The maximum Gasteiger partial charge on any atom is 0.248 e. The Morgan fingerprint density at radius 3 is 2.29 bits per heavy atom. The Hall–Kier alpha value is -1.06. The number of carbonyl (C=O) groups excluding carboxylic acids is 2. The molecule has 1 fully saturated rings. The molecule has 17 heavy (non-hydrogen) atoms. The molecule has 1 saturated heterocycles. The van der Waals surface area contributed by atoms with E-state index in [1.807, 2.05) is 39.5 Å². The van der Waals surface area contributed by atoms with Gasteiger partial charge >= 0.3 is 0 Å².